The number of imidazole rings is 1. The van der Waals surface area contributed by atoms with Crippen molar-refractivity contribution in [3.63, 3.8) is 0 Å². The van der Waals surface area contributed by atoms with E-state index in [-0.39, 0.29) is 23.6 Å². The summed E-state index contributed by atoms with van der Waals surface area (Å²) < 4.78 is 0. The predicted molar refractivity (Wildman–Crippen MR) is 123 cm³/mol. The van der Waals surface area contributed by atoms with Crippen LogP contribution in [0.1, 0.15) is 63.8 Å². The monoisotopic (exact) mass is 455 g/mol. The number of amides is 4. The van der Waals surface area contributed by atoms with Crippen molar-refractivity contribution in [3.05, 3.63) is 48.3 Å². The molecule has 4 rings (SSSR count). The van der Waals surface area contributed by atoms with Gasteiger partial charge in [-0.25, -0.2) is 4.98 Å². The minimum atomic E-state index is -0.0576. The van der Waals surface area contributed by atoms with Crippen LogP contribution in [0.4, 0.5) is 0 Å². The van der Waals surface area contributed by atoms with Crippen LogP contribution in [0.5, 0.6) is 0 Å². The molecule has 178 valence electrons. The standard InChI is InChI=1S/C12H14N2O2.C10H13N3O2.C2H6/c15-11-2-1-3-12(16)14(11)9-6-10-4-7-13-8-5-10;14-9-2-1-3-10(15)13(9)7-4-8-11-5-6-12-8;1-2/h4-5,7-8H,1-3,6,9H2;5-6H,1-4,7H2,(H,11,12);1-2H3. The fraction of sp³-hybridized carbons (Fsp3) is 0.500. The van der Waals surface area contributed by atoms with Gasteiger partial charge in [0.05, 0.1) is 0 Å². The second kappa shape index (κ2) is 13.9. The largest absolute Gasteiger partial charge is 0.349 e. The van der Waals surface area contributed by atoms with E-state index in [0.29, 0.717) is 64.5 Å². The van der Waals surface area contributed by atoms with Crippen LogP contribution in [0, 0.1) is 0 Å². The Morgan fingerprint density at radius 3 is 1.70 bits per heavy atom. The lowest BCUT2D eigenvalue weighted by Gasteiger charge is -2.24. The Hall–Kier alpha value is -3.36. The first kappa shape index (κ1) is 25.9. The number of aromatic amines is 1. The van der Waals surface area contributed by atoms with Gasteiger partial charge >= 0.3 is 0 Å². The Labute approximate surface area is 194 Å². The molecule has 2 aliphatic heterocycles. The third-order valence-electron chi connectivity index (χ3n) is 5.27. The van der Waals surface area contributed by atoms with Gasteiger partial charge in [-0.1, -0.05) is 13.8 Å². The van der Waals surface area contributed by atoms with Crippen LogP contribution < -0.4 is 0 Å². The minimum absolute atomic E-state index is 0.0368. The molecule has 0 atom stereocenters. The summed E-state index contributed by atoms with van der Waals surface area (Å²) in [7, 11) is 0. The highest BCUT2D eigenvalue weighted by molar-refractivity contribution is 5.98. The molecule has 9 nitrogen and oxygen atoms in total. The van der Waals surface area contributed by atoms with E-state index in [1.165, 1.54) is 9.80 Å². The molecule has 2 aliphatic rings. The summed E-state index contributed by atoms with van der Waals surface area (Å²) in [5, 5.41) is 0. The van der Waals surface area contributed by atoms with Crippen molar-refractivity contribution in [2.45, 2.75) is 65.2 Å². The number of H-pyrrole nitrogens is 1. The number of carbonyl (C=O) groups excluding carboxylic acids is 4. The SMILES string of the molecule is CC.O=C1CCCC(=O)N1CCc1ccncc1.O=C1CCCC(=O)N1CCc1ncc[nH]1. The molecule has 2 saturated heterocycles. The summed E-state index contributed by atoms with van der Waals surface area (Å²) >= 11 is 0. The summed E-state index contributed by atoms with van der Waals surface area (Å²) in [4.78, 5) is 59.5. The van der Waals surface area contributed by atoms with E-state index < -0.39 is 0 Å². The van der Waals surface area contributed by atoms with Crippen molar-refractivity contribution in [3.8, 4) is 0 Å². The Morgan fingerprint density at radius 2 is 1.24 bits per heavy atom. The quantitative estimate of drug-likeness (QED) is 0.670. The summed E-state index contributed by atoms with van der Waals surface area (Å²) in [5.74, 6) is 0.618. The molecule has 1 N–H and O–H groups in total. The second-order valence-corrected chi connectivity index (χ2v) is 7.48. The molecule has 33 heavy (non-hydrogen) atoms. The summed E-state index contributed by atoms with van der Waals surface area (Å²) in [6, 6.07) is 3.80. The van der Waals surface area contributed by atoms with E-state index in [4.69, 9.17) is 0 Å². The van der Waals surface area contributed by atoms with Crippen molar-refractivity contribution in [2.24, 2.45) is 0 Å². The Morgan fingerprint density at radius 1 is 0.758 bits per heavy atom. The normalized spacial score (nSPS) is 16.1. The van der Waals surface area contributed by atoms with Gasteiger partial charge in [-0.2, -0.15) is 0 Å². The molecule has 2 aromatic rings. The Kier molecular flexibility index (Phi) is 10.9. The molecule has 0 saturated carbocycles. The van der Waals surface area contributed by atoms with E-state index >= 15 is 0 Å². The number of carbonyl (C=O) groups is 4. The van der Waals surface area contributed by atoms with Gasteiger partial charge in [0.15, 0.2) is 0 Å². The third-order valence-corrected chi connectivity index (χ3v) is 5.27. The van der Waals surface area contributed by atoms with Gasteiger partial charge in [0, 0.05) is 70.0 Å². The van der Waals surface area contributed by atoms with Crippen LogP contribution in [0.3, 0.4) is 0 Å². The van der Waals surface area contributed by atoms with E-state index in [1.54, 1.807) is 24.8 Å². The molecule has 0 bridgehead atoms. The molecular formula is C24H33N5O4. The molecule has 0 spiro atoms. The number of aromatic nitrogens is 3. The van der Waals surface area contributed by atoms with Crippen LogP contribution in [-0.2, 0) is 32.0 Å². The van der Waals surface area contributed by atoms with E-state index in [1.807, 2.05) is 26.0 Å². The molecule has 4 amide bonds. The fourth-order valence-electron chi connectivity index (χ4n) is 3.54. The van der Waals surface area contributed by atoms with Gasteiger partial charge in [-0.3, -0.25) is 34.0 Å². The summed E-state index contributed by atoms with van der Waals surface area (Å²) in [6.45, 7) is 4.92. The maximum atomic E-state index is 11.5. The number of nitrogens with zero attached hydrogens (tertiary/aromatic N) is 4. The van der Waals surface area contributed by atoms with Crippen molar-refractivity contribution < 1.29 is 19.2 Å². The van der Waals surface area contributed by atoms with E-state index in [2.05, 4.69) is 15.0 Å². The molecule has 0 radical (unpaired) electrons. The first-order valence-electron chi connectivity index (χ1n) is 11.6. The highest BCUT2D eigenvalue weighted by atomic mass is 16.2. The van der Waals surface area contributed by atoms with Crippen LogP contribution >= 0.6 is 0 Å². The molecule has 9 heteroatoms. The number of imide groups is 2. The molecule has 2 fully saturated rings. The molecule has 0 aromatic carbocycles. The third kappa shape index (κ3) is 8.25. The molecule has 2 aromatic heterocycles. The average Bonchev–Trinajstić information content (AvgIpc) is 3.35. The van der Waals surface area contributed by atoms with Gasteiger partial charge in [-0.15, -0.1) is 0 Å². The molecule has 0 unspecified atom stereocenters. The lowest BCUT2D eigenvalue weighted by atomic mass is 10.1. The van der Waals surface area contributed by atoms with Crippen molar-refractivity contribution >= 4 is 23.6 Å². The van der Waals surface area contributed by atoms with Crippen LogP contribution in [-0.4, -0.2) is 61.5 Å². The number of hydrogen-bond donors (Lipinski definition) is 1. The number of piperidine rings is 2. The van der Waals surface area contributed by atoms with Crippen molar-refractivity contribution in [1.82, 2.24) is 24.8 Å². The van der Waals surface area contributed by atoms with E-state index in [0.717, 1.165) is 11.4 Å². The average molecular weight is 456 g/mol. The zero-order valence-corrected chi connectivity index (χ0v) is 19.5. The van der Waals surface area contributed by atoms with Gasteiger partial charge in [0.25, 0.3) is 0 Å². The lowest BCUT2D eigenvalue weighted by Crippen LogP contribution is -2.41. The number of hydrogen-bond acceptors (Lipinski definition) is 6. The van der Waals surface area contributed by atoms with Crippen LogP contribution in [0.2, 0.25) is 0 Å². The first-order valence-corrected chi connectivity index (χ1v) is 11.6. The van der Waals surface area contributed by atoms with Crippen molar-refractivity contribution in [1.29, 1.82) is 0 Å². The van der Waals surface area contributed by atoms with Gasteiger partial charge < -0.3 is 4.98 Å². The zero-order valence-electron chi connectivity index (χ0n) is 19.5. The smallest absolute Gasteiger partial charge is 0.229 e. The maximum absolute atomic E-state index is 11.5. The topological polar surface area (TPSA) is 116 Å². The van der Waals surface area contributed by atoms with Gasteiger partial charge in [-0.05, 0) is 37.0 Å². The molecule has 0 aliphatic carbocycles. The number of rotatable bonds is 6. The maximum Gasteiger partial charge on any atom is 0.229 e. The van der Waals surface area contributed by atoms with Gasteiger partial charge in [0.1, 0.15) is 5.82 Å². The molecular weight excluding hydrogens is 422 g/mol. The number of nitrogens with one attached hydrogen (secondary N) is 1. The minimum Gasteiger partial charge on any atom is -0.349 e. The summed E-state index contributed by atoms with van der Waals surface area (Å²) in [6.07, 6.45) is 11.5. The van der Waals surface area contributed by atoms with Crippen LogP contribution in [0.15, 0.2) is 36.9 Å². The number of likely N-dealkylation sites (tertiary alicyclic amines) is 2. The van der Waals surface area contributed by atoms with Crippen LogP contribution in [0.25, 0.3) is 0 Å². The highest BCUT2D eigenvalue weighted by Crippen LogP contribution is 2.13. The Bertz CT molecular complexity index is 867. The summed E-state index contributed by atoms with van der Waals surface area (Å²) in [5.41, 5.74) is 1.10. The van der Waals surface area contributed by atoms with Gasteiger partial charge in [0.2, 0.25) is 23.6 Å². The lowest BCUT2D eigenvalue weighted by molar-refractivity contribution is -0.149. The first-order chi connectivity index (χ1) is 16.0. The predicted octanol–water partition coefficient (Wildman–Crippen LogP) is 2.68. The second-order valence-electron chi connectivity index (χ2n) is 7.48. The highest BCUT2D eigenvalue weighted by Gasteiger charge is 2.26. The fourth-order valence-corrected chi connectivity index (χ4v) is 3.54. The van der Waals surface area contributed by atoms with Crippen molar-refractivity contribution in [2.75, 3.05) is 13.1 Å². The molecule has 4 heterocycles. The van der Waals surface area contributed by atoms with E-state index in [9.17, 15) is 19.2 Å². The zero-order chi connectivity index (χ0) is 24.1. The Balaban J connectivity index is 0.000000218. The number of pyridine rings is 1.